The molecule has 0 aliphatic carbocycles. The van der Waals surface area contributed by atoms with Gasteiger partial charge in [-0.2, -0.15) is 0 Å². The summed E-state index contributed by atoms with van der Waals surface area (Å²) < 4.78 is 21.9. The van der Waals surface area contributed by atoms with Crippen LogP contribution in [0.15, 0.2) is 41.4 Å². The van der Waals surface area contributed by atoms with Crippen LogP contribution in [-0.2, 0) is 4.74 Å². The molecule has 0 bridgehead atoms. The van der Waals surface area contributed by atoms with Gasteiger partial charge in [-0.1, -0.05) is 18.2 Å². The average molecular weight is 371 g/mol. The monoisotopic (exact) mass is 371 g/mol. The van der Waals surface area contributed by atoms with E-state index in [0.29, 0.717) is 40.9 Å². The summed E-state index contributed by atoms with van der Waals surface area (Å²) in [4.78, 5) is 4.64. The molecule has 3 rings (SSSR count). The molecule has 144 valence electrons. The molecule has 2 aromatic rings. The summed E-state index contributed by atoms with van der Waals surface area (Å²) in [6.07, 6.45) is -0.912. The van der Waals surface area contributed by atoms with Crippen LogP contribution in [0, 0.1) is 0 Å². The van der Waals surface area contributed by atoms with Crippen molar-refractivity contribution >= 4 is 5.90 Å². The predicted octanol–water partition coefficient (Wildman–Crippen LogP) is 3.35. The highest BCUT2D eigenvalue weighted by Crippen LogP contribution is 2.41. The van der Waals surface area contributed by atoms with Crippen molar-refractivity contribution in [1.82, 2.24) is 0 Å². The number of methoxy groups -OCH3 is 3. The number of benzene rings is 2. The van der Waals surface area contributed by atoms with Crippen LogP contribution >= 0.6 is 0 Å². The van der Waals surface area contributed by atoms with Crippen LogP contribution in [0.3, 0.4) is 0 Å². The molecule has 0 saturated carbocycles. The third-order valence-corrected chi connectivity index (χ3v) is 4.45. The van der Waals surface area contributed by atoms with Crippen LogP contribution in [0.25, 0.3) is 0 Å². The second kappa shape index (κ2) is 7.48. The van der Waals surface area contributed by atoms with Crippen LogP contribution in [0.4, 0.5) is 0 Å². The first-order valence-corrected chi connectivity index (χ1v) is 8.70. The van der Waals surface area contributed by atoms with Gasteiger partial charge in [0, 0.05) is 5.56 Å². The van der Waals surface area contributed by atoms with E-state index in [1.165, 1.54) is 0 Å². The molecule has 1 unspecified atom stereocenters. The lowest BCUT2D eigenvalue weighted by molar-refractivity contribution is 0.217. The Balaban J connectivity index is 2.06. The molecule has 0 amide bonds. The van der Waals surface area contributed by atoms with Crippen molar-refractivity contribution in [2.24, 2.45) is 4.99 Å². The molecular weight excluding hydrogens is 346 g/mol. The Morgan fingerprint density at radius 2 is 1.67 bits per heavy atom. The van der Waals surface area contributed by atoms with Crippen LogP contribution < -0.4 is 14.2 Å². The van der Waals surface area contributed by atoms with Gasteiger partial charge in [-0.15, -0.1) is 0 Å². The van der Waals surface area contributed by atoms with E-state index in [-0.39, 0.29) is 5.54 Å². The van der Waals surface area contributed by atoms with Gasteiger partial charge in [0.2, 0.25) is 11.6 Å². The van der Waals surface area contributed by atoms with Crippen molar-refractivity contribution in [2.75, 3.05) is 27.9 Å². The number of nitrogens with zero attached hydrogens (tertiary/aromatic N) is 1. The largest absolute Gasteiger partial charge is 0.493 e. The topological polar surface area (TPSA) is 69.5 Å². The third kappa shape index (κ3) is 3.71. The number of rotatable bonds is 6. The van der Waals surface area contributed by atoms with Gasteiger partial charge in [-0.25, -0.2) is 4.99 Å². The molecule has 0 radical (unpaired) electrons. The molecule has 1 heterocycles. The summed E-state index contributed by atoms with van der Waals surface area (Å²) in [6, 6.07) is 11.0. The highest BCUT2D eigenvalue weighted by atomic mass is 16.5. The van der Waals surface area contributed by atoms with Crippen molar-refractivity contribution in [2.45, 2.75) is 25.5 Å². The van der Waals surface area contributed by atoms with Gasteiger partial charge in [-0.3, -0.25) is 0 Å². The molecule has 0 aromatic heterocycles. The first-order chi connectivity index (χ1) is 12.9. The van der Waals surface area contributed by atoms with Gasteiger partial charge in [0.15, 0.2) is 11.5 Å². The molecule has 0 saturated heterocycles. The Labute approximate surface area is 159 Å². The molecule has 1 aliphatic heterocycles. The summed E-state index contributed by atoms with van der Waals surface area (Å²) in [5.74, 6) is 1.99. The standard InChI is InChI=1S/C21H25NO5/c1-21(2)12-27-20(22-21)15-9-7-6-8-14(15)18(23)13-10-16(24-3)19(26-5)17(11-13)25-4/h6-11,18,23H,12H2,1-5H3. The van der Waals surface area contributed by atoms with E-state index in [4.69, 9.17) is 18.9 Å². The van der Waals surface area contributed by atoms with Gasteiger partial charge in [0.25, 0.3) is 0 Å². The summed E-state index contributed by atoms with van der Waals surface area (Å²) in [5, 5.41) is 11.1. The van der Waals surface area contributed by atoms with Crippen molar-refractivity contribution in [3.63, 3.8) is 0 Å². The van der Waals surface area contributed by atoms with Crippen molar-refractivity contribution < 1.29 is 24.1 Å². The number of hydrogen-bond acceptors (Lipinski definition) is 6. The van der Waals surface area contributed by atoms with E-state index in [2.05, 4.69) is 4.99 Å². The van der Waals surface area contributed by atoms with Crippen LogP contribution in [0.5, 0.6) is 17.2 Å². The smallest absolute Gasteiger partial charge is 0.217 e. The second-order valence-electron chi connectivity index (χ2n) is 6.97. The van der Waals surface area contributed by atoms with Gasteiger partial charge >= 0.3 is 0 Å². The first-order valence-electron chi connectivity index (χ1n) is 8.70. The zero-order valence-electron chi connectivity index (χ0n) is 16.3. The number of aliphatic hydroxyl groups is 1. The molecule has 1 aliphatic rings. The van der Waals surface area contributed by atoms with Gasteiger partial charge < -0.3 is 24.1 Å². The van der Waals surface area contributed by atoms with Crippen molar-refractivity contribution in [1.29, 1.82) is 0 Å². The minimum atomic E-state index is -0.912. The third-order valence-electron chi connectivity index (χ3n) is 4.45. The van der Waals surface area contributed by atoms with Crippen molar-refractivity contribution in [3.8, 4) is 17.2 Å². The molecule has 0 spiro atoms. The summed E-state index contributed by atoms with van der Waals surface area (Å²) in [7, 11) is 4.64. The number of ether oxygens (including phenoxy) is 4. The summed E-state index contributed by atoms with van der Waals surface area (Å²) >= 11 is 0. The highest BCUT2D eigenvalue weighted by Gasteiger charge is 2.29. The lowest BCUT2D eigenvalue weighted by Crippen LogP contribution is -2.17. The Kier molecular flexibility index (Phi) is 5.28. The van der Waals surface area contributed by atoms with E-state index >= 15 is 0 Å². The maximum Gasteiger partial charge on any atom is 0.217 e. The first kappa shape index (κ1) is 19.0. The molecule has 6 nitrogen and oxygen atoms in total. The minimum absolute atomic E-state index is 0.278. The minimum Gasteiger partial charge on any atom is -0.493 e. The Bertz CT molecular complexity index is 834. The van der Waals surface area contributed by atoms with E-state index in [1.807, 2.05) is 38.1 Å². The zero-order valence-corrected chi connectivity index (χ0v) is 16.3. The lowest BCUT2D eigenvalue weighted by atomic mass is 9.96. The number of aliphatic imine (C=N–C) groups is 1. The fourth-order valence-corrected chi connectivity index (χ4v) is 3.09. The average Bonchev–Trinajstić information content (AvgIpc) is 3.05. The van der Waals surface area contributed by atoms with Crippen LogP contribution in [-0.4, -0.2) is 44.5 Å². The van der Waals surface area contributed by atoms with Gasteiger partial charge in [-0.05, 0) is 43.2 Å². The second-order valence-corrected chi connectivity index (χ2v) is 6.97. The quantitative estimate of drug-likeness (QED) is 0.843. The van der Waals surface area contributed by atoms with E-state index in [0.717, 1.165) is 5.56 Å². The van der Waals surface area contributed by atoms with E-state index < -0.39 is 6.10 Å². The zero-order chi connectivity index (χ0) is 19.6. The van der Waals surface area contributed by atoms with E-state index in [1.54, 1.807) is 33.5 Å². The van der Waals surface area contributed by atoms with Crippen LogP contribution in [0.2, 0.25) is 0 Å². The summed E-state index contributed by atoms with van der Waals surface area (Å²) in [5.41, 5.74) is 1.81. The summed E-state index contributed by atoms with van der Waals surface area (Å²) in [6.45, 7) is 4.54. The Morgan fingerprint density at radius 3 is 2.19 bits per heavy atom. The molecule has 0 fully saturated rings. The fraction of sp³-hybridized carbons (Fsp3) is 0.381. The number of aliphatic hydroxyl groups excluding tert-OH is 1. The maximum absolute atomic E-state index is 11.1. The van der Waals surface area contributed by atoms with Crippen LogP contribution in [0.1, 0.15) is 36.6 Å². The molecule has 1 atom stereocenters. The molecule has 6 heteroatoms. The normalized spacial score (nSPS) is 16.3. The predicted molar refractivity (Wildman–Crippen MR) is 103 cm³/mol. The maximum atomic E-state index is 11.1. The molecule has 27 heavy (non-hydrogen) atoms. The molecule has 1 N–H and O–H groups in total. The van der Waals surface area contributed by atoms with E-state index in [9.17, 15) is 5.11 Å². The highest BCUT2D eigenvalue weighted by molar-refractivity contribution is 5.97. The van der Waals surface area contributed by atoms with Gasteiger partial charge in [0.05, 0.1) is 26.9 Å². The molecular formula is C21H25NO5. The number of hydrogen-bond donors (Lipinski definition) is 1. The molecule has 2 aromatic carbocycles. The van der Waals surface area contributed by atoms with Crippen molar-refractivity contribution in [3.05, 3.63) is 53.1 Å². The Hall–Kier alpha value is -2.73. The lowest BCUT2D eigenvalue weighted by Gasteiger charge is -2.19. The Morgan fingerprint density at radius 1 is 1.04 bits per heavy atom. The fourth-order valence-electron chi connectivity index (χ4n) is 3.09. The SMILES string of the molecule is COc1cc(C(O)c2ccccc2C2=NC(C)(C)CO2)cc(OC)c1OC. The van der Waals surface area contributed by atoms with Gasteiger partial charge in [0.1, 0.15) is 12.7 Å².